The van der Waals surface area contributed by atoms with Gasteiger partial charge in [-0.25, -0.2) is 0 Å². The predicted octanol–water partition coefficient (Wildman–Crippen LogP) is 3.10. The van der Waals surface area contributed by atoms with Crippen LogP contribution in [0.3, 0.4) is 0 Å². The van der Waals surface area contributed by atoms with Gasteiger partial charge in [0.1, 0.15) is 6.42 Å². The zero-order chi connectivity index (χ0) is 18.1. The third-order valence-corrected chi connectivity index (χ3v) is 3.77. The van der Waals surface area contributed by atoms with Crippen molar-refractivity contribution in [3.8, 4) is 6.07 Å². The lowest BCUT2D eigenvalue weighted by atomic mass is 10.1. The van der Waals surface area contributed by atoms with Crippen molar-refractivity contribution in [1.29, 1.82) is 5.26 Å². The van der Waals surface area contributed by atoms with Gasteiger partial charge in [-0.1, -0.05) is 48.0 Å². The summed E-state index contributed by atoms with van der Waals surface area (Å²) < 4.78 is 0. The van der Waals surface area contributed by atoms with Crippen LogP contribution in [0.15, 0.2) is 48.5 Å². The molecule has 5 heteroatoms. The fraction of sp³-hybridized carbons (Fsp3) is 0.250. The zero-order valence-electron chi connectivity index (χ0n) is 14.2. The van der Waals surface area contributed by atoms with E-state index in [2.05, 4.69) is 10.6 Å². The molecule has 0 unspecified atom stereocenters. The monoisotopic (exact) mass is 335 g/mol. The van der Waals surface area contributed by atoms with E-state index < -0.39 is 0 Å². The third-order valence-electron chi connectivity index (χ3n) is 3.77. The highest BCUT2D eigenvalue weighted by molar-refractivity contribution is 5.91. The minimum absolute atomic E-state index is 0.0728. The zero-order valence-corrected chi connectivity index (χ0v) is 14.2. The minimum Gasteiger partial charge on any atom is -0.351 e. The Hall–Kier alpha value is -3.13. The molecular formula is C20H21N3O2. The molecule has 0 aromatic heterocycles. The van der Waals surface area contributed by atoms with Gasteiger partial charge in [0.25, 0.3) is 0 Å². The van der Waals surface area contributed by atoms with Crippen molar-refractivity contribution in [3.05, 3.63) is 65.2 Å². The van der Waals surface area contributed by atoms with Gasteiger partial charge in [0.2, 0.25) is 11.8 Å². The van der Waals surface area contributed by atoms with Crippen LogP contribution < -0.4 is 10.6 Å². The van der Waals surface area contributed by atoms with Crippen molar-refractivity contribution >= 4 is 17.5 Å². The fourth-order valence-electron chi connectivity index (χ4n) is 2.35. The van der Waals surface area contributed by atoms with Crippen LogP contribution >= 0.6 is 0 Å². The Morgan fingerprint density at radius 3 is 2.48 bits per heavy atom. The number of aryl methyl sites for hydroxylation is 2. The van der Waals surface area contributed by atoms with Gasteiger partial charge in [-0.3, -0.25) is 9.59 Å². The molecule has 0 radical (unpaired) electrons. The molecule has 0 fully saturated rings. The number of benzene rings is 2. The highest BCUT2D eigenvalue weighted by atomic mass is 16.2. The number of nitriles is 1. The number of rotatable bonds is 7. The Morgan fingerprint density at radius 2 is 1.76 bits per heavy atom. The normalized spacial score (nSPS) is 9.92. The smallest absolute Gasteiger partial charge is 0.234 e. The largest absolute Gasteiger partial charge is 0.351 e. The van der Waals surface area contributed by atoms with Crippen LogP contribution in [-0.2, 0) is 22.6 Å². The molecule has 2 aromatic rings. The molecule has 0 saturated carbocycles. The highest BCUT2D eigenvalue weighted by Crippen LogP contribution is 2.16. The second-order valence-corrected chi connectivity index (χ2v) is 5.80. The van der Waals surface area contributed by atoms with Crippen molar-refractivity contribution in [2.24, 2.45) is 0 Å². The molecule has 2 N–H and O–H groups in total. The Morgan fingerprint density at radius 1 is 1.04 bits per heavy atom. The van der Waals surface area contributed by atoms with Gasteiger partial charge in [-0.05, 0) is 30.5 Å². The van der Waals surface area contributed by atoms with Crippen molar-refractivity contribution in [3.63, 3.8) is 0 Å². The summed E-state index contributed by atoms with van der Waals surface area (Å²) in [4.78, 5) is 23.6. The SMILES string of the molecule is Cc1ccc(CCC(=O)Nc2ccccc2CNC(=O)CC#N)cc1. The average molecular weight is 335 g/mol. The van der Waals surface area contributed by atoms with Crippen LogP contribution in [0.2, 0.25) is 0 Å². The number of hydrogen-bond donors (Lipinski definition) is 2. The molecule has 2 aromatic carbocycles. The van der Waals surface area contributed by atoms with Crippen molar-refractivity contribution in [2.75, 3.05) is 5.32 Å². The van der Waals surface area contributed by atoms with E-state index in [1.807, 2.05) is 49.4 Å². The van der Waals surface area contributed by atoms with E-state index in [0.29, 0.717) is 18.5 Å². The van der Waals surface area contributed by atoms with E-state index in [1.54, 1.807) is 12.1 Å². The number of carbonyl (C=O) groups excluding carboxylic acids is 2. The van der Waals surface area contributed by atoms with Crippen molar-refractivity contribution < 1.29 is 9.59 Å². The van der Waals surface area contributed by atoms with Crippen LogP contribution in [0.4, 0.5) is 5.69 Å². The Labute approximate surface area is 147 Å². The van der Waals surface area contributed by atoms with Gasteiger partial charge in [-0.15, -0.1) is 0 Å². The maximum absolute atomic E-state index is 12.2. The first-order valence-corrected chi connectivity index (χ1v) is 8.15. The summed E-state index contributed by atoms with van der Waals surface area (Å²) in [6, 6.07) is 17.2. The van der Waals surface area contributed by atoms with Crippen molar-refractivity contribution in [2.45, 2.75) is 32.7 Å². The predicted molar refractivity (Wildman–Crippen MR) is 96.6 cm³/mol. The maximum Gasteiger partial charge on any atom is 0.234 e. The topological polar surface area (TPSA) is 82.0 Å². The van der Waals surface area contributed by atoms with Crippen LogP contribution in [0, 0.1) is 18.3 Å². The Kier molecular flexibility index (Phi) is 6.73. The quantitative estimate of drug-likeness (QED) is 0.816. The first kappa shape index (κ1) is 18.2. The molecule has 5 nitrogen and oxygen atoms in total. The van der Waals surface area contributed by atoms with Gasteiger partial charge in [-0.2, -0.15) is 5.26 Å². The molecule has 0 aliphatic heterocycles. The molecule has 0 aliphatic rings. The molecule has 0 spiro atoms. The van der Waals surface area contributed by atoms with E-state index in [1.165, 1.54) is 5.56 Å². The van der Waals surface area contributed by atoms with E-state index >= 15 is 0 Å². The van der Waals surface area contributed by atoms with E-state index in [4.69, 9.17) is 5.26 Å². The number of carbonyl (C=O) groups is 2. The number of hydrogen-bond acceptors (Lipinski definition) is 3. The maximum atomic E-state index is 12.2. The molecule has 128 valence electrons. The van der Waals surface area contributed by atoms with Gasteiger partial charge in [0, 0.05) is 18.7 Å². The first-order chi connectivity index (χ1) is 12.1. The molecule has 2 rings (SSSR count). The minimum atomic E-state index is -0.331. The lowest BCUT2D eigenvalue weighted by Gasteiger charge is -2.11. The number of nitrogens with one attached hydrogen (secondary N) is 2. The summed E-state index contributed by atoms with van der Waals surface area (Å²) >= 11 is 0. The van der Waals surface area contributed by atoms with Gasteiger partial charge >= 0.3 is 0 Å². The van der Waals surface area contributed by atoms with E-state index in [-0.39, 0.29) is 24.8 Å². The summed E-state index contributed by atoms with van der Waals surface area (Å²) in [6.45, 7) is 2.30. The molecule has 0 bridgehead atoms. The number of para-hydroxylation sites is 1. The molecule has 25 heavy (non-hydrogen) atoms. The second kappa shape index (κ2) is 9.24. The summed E-state index contributed by atoms with van der Waals surface area (Å²) in [5, 5.41) is 14.1. The van der Waals surface area contributed by atoms with Crippen LogP contribution in [0.5, 0.6) is 0 Å². The highest BCUT2D eigenvalue weighted by Gasteiger charge is 2.08. The third kappa shape index (κ3) is 6.11. The van der Waals surface area contributed by atoms with Gasteiger partial charge < -0.3 is 10.6 Å². The van der Waals surface area contributed by atoms with Crippen LogP contribution in [0.1, 0.15) is 29.5 Å². The summed E-state index contributed by atoms with van der Waals surface area (Å²) in [5.41, 5.74) is 3.80. The lowest BCUT2D eigenvalue weighted by molar-refractivity contribution is -0.120. The number of amides is 2. The van der Waals surface area contributed by atoms with Crippen LogP contribution in [-0.4, -0.2) is 11.8 Å². The first-order valence-electron chi connectivity index (χ1n) is 8.15. The average Bonchev–Trinajstić information content (AvgIpc) is 2.61. The lowest BCUT2D eigenvalue weighted by Crippen LogP contribution is -2.23. The standard InChI is InChI=1S/C20H21N3O2/c1-15-6-8-16(9-7-15)10-11-20(25)23-18-5-3-2-4-17(18)14-22-19(24)12-13-21/h2-9H,10-12,14H2,1H3,(H,22,24)(H,23,25). The molecule has 0 heterocycles. The fourth-order valence-corrected chi connectivity index (χ4v) is 2.35. The Bertz CT molecular complexity index is 776. The van der Waals surface area contributed by atoms with Crippen molar-refractivity contribution in [1.82, 2.24) is 5.32 Å². The summed E-state index contributed by atoms with van der Waals surface area (Å²) in [5.74, 6) is -0.403. The van der Waals surface area contributed by atoms with Gasteiger partial charge in [0.15, 0.2) is 0 Å². The molecule has 0 saturated heterocycles. The number of nitrogens with zero attached hydrogens (tertiary/aromatic N) is 1. The summed E-state index contributed by atoms with van der Waals surface area (Å²) in [7, 11) is 0. The number of anilines is 1. The molecule has 0 atom stereocenters. The summed E-state index contributed by atoms with van der Waals surface area (Å²) in [6.07, 6.45) is 0.885. The second-order valence-electron chi connectivity index (χ2n) is 5.80. The Balaban J connectivity index is 1.90. The molecule has 0 aliphatic carbocycles. The van der Waals surface area contributed by atoms with E-state index in [9.17, 15) is 9.59 Å². The molecule has 2 amide bonds. The van der Waals surface area contributed by atoms with Gasteiger partial charge in [0.05, 0.1) is 6.07 Å². The van der Waals surface area contributed by atoms with E-state index in [0.717, 1.165) is 11.1 Å². The molecular weight excluding hydrogens is 314 g/mol. The van der Waals surface area contributed by atoms with Crippen LogP contribution in [0.25, 0.3) is 0 Å².